The van der Waals surface area contributed by atoms with Crippen molar-refractivity contribution in [2.75, 3.05) is 13.1 Å². The lowest BCUT2D eigenvalue weighted by atomic mass is 9.85. The number of likely N-dealkylation sites (tertiary alicyclic amines) is 1. The molecule has 0 aromatic carbocycles. The normalized spacial score (nSPS) is 18.3. The number of rotatable bonds is 3. The first-order valence-electron chi connectivity index (χ1n) is 6.44. The molecule has 1 aliphatic rings. The van der Waals surface area contributed by atoms with Gasteiger partial charge in [-0.3, -0.25) is 9.59 Å². The zero-order valence-corrected chi connectivity index (χ0v) is 11.1. The van der Waals surface area contributed by atoms with E-state index in [9.17, 15) is 9.59 Å². The summed E-state index contributed by atoms with van der Waals surface area (Å²) in [6.07, 6.45) is 1.44. The third kappa shape index (κ3) is 2.94. The van der Waals surface area contributed by atoms with Crippen LogP contribution < -0.4 is 0 Å². The maximum absolute atomic E-state index is 12.1. The number of aromatic nitrogens is 1. The Labute approximate surface area is 111 Å². The van der Waals surface area contributed by atoms with Gasteiger partial charge in [0.25, 0.3) is 5.91 Å². The largest absolute Gasteiger partial charge is 0.481 e. The topological polar surface area (TPSA) is 83.6 Å². The molecular formula is C13H18N2O4. The van der Waals surface area contributed by atoms with Crippen molar-refractivity contribution >= 4 is 11.9 Å². The summed E-state index contributed by atoms with van der Waals surface area (Å²) in [5.74, 6) is -0.514. The average Bonchev–Trinajstić information content (AvgIpc) is 2.84. The van der Waals surface area contributed by atoms with Crippen LogP contribution in [-0.2, 0) is 4.79 Å². The smallest absolute Gasteiger partial charge is 0.306 e. The lowest BCUT2D eigenvalue weighted by Crippen LogP contribution is -2.40. The third-order valence-electron chi connectivity index (χ3n) is 3.77. The van der Waals surface area contributed by atoms with Crippen molar-refractivity contribution in [3.63, 3.8) is 0 Å². The number of carbonyl (C=O) groups excluding carboxylic acids is 1. The predicted octanol–water partition coefficient (Wildman–Crippen LogP) is 1.56. The van der Waals surface area contributed by atoms with Gasteiger partial charge in [0.05, 0.1) is 5.92 Å². The minimum Gasteiger partial charge on any atom is -0.481 e. The zero-order chi connectivity index (χ0) is 14.0. The maximum atomic E-state index is 12.1. The van der Waals surface area contributed by atoms with E-state index in [2.05, 4.69) is 5.16 Å². The molecule has 1 unspecified atom stereocenters. The van der Waals surface area contributed by atoms with Crippen molar-refractivity contribution in [1.82, 2.24) is 10.1 Å². The Morgan fingerprint density at radius 1 is 1.47 bits per heavy atom. The van der Waals surface area contributed by atoms with Gasteiger partial charge in [0.2, 0.25) is 0 Å². The summed E-state index contributed by atoms with van der Waals surface area (Å²) in [6.45, 7) is 4.62. The van der Waals surface area contributed by atoms with Crippen LogP contribution in [-0.4, -0.2) is 40.1 Å². The zero-order valence-electron chi connectivity index (χ0n) is 11.1. The van der Waals surface area contributed by atoms with E-state index >= 15 is 0 Å². The number of carbonyl (C=O) groups is 2. The molecule has 1 saturated heterocycles. The van der Waals surface area contributed by atoms with E-state index in [1.165, 1.54) is 0 Å². The molecular weight excluding hydrogens is 248 g/mol. The Balaban J connectivity index is 1.93. The number of amides is 1. The number of piperidine rings is 1. The van der Waals surface area contributed by atoms with Crippen molar-refractivity contribution < 1.29 is 19.2 Å². The van der Waals surface area contributed by atoms with Crippen LogP contribution in [0, 0.1) is 18.8 Å². The van der Waals surface area contributed by atoms with Crippen LogP contribution in [0.5, 0.6) is 0 Å². The second-order valence-electron chi connectivity index (χ2n) is 5.08. The average molecular weight is 266 g/mol. The number of carboxylic acid groups (broad SMARTS) is 1. The van der Waals surface area contributed by atoms with Gasteiger partial charge < -0.3 is 14.5 Å². The fourth-order valence-corrected chi connectivity index (χ4v) is 2.43. The molecule has 0 saturated carbocycles. The minimum atomic E-state index is -0.767. The molecule has 104 valence electrons. The fourth-order valence-electron chi connectivity index (χ4n) is 2.43. The molecule has 6 heteroatoms. The maximum Gasteiger partial charge on any atom is 0.306 e. The molecule has 2 rings (SSSR count). The highest BCUT2D eigenvalue weighted by Crippen LogP contribution is 2.25. The molecule has 1 N–H and O–H groups in total. The summed E-state index contributed by atoms with van der Waals surface area (Å²) >= 11 is 0. The second-order valence-corrected chi connectivity index (χ2v) is 5.08. The number of hydrogen-bond acceptors (Lipinski definition) is 4. The van der Waals surface area contributed by atoms with E-state index < -0.39 is 5.97 Å². The Morgan fingerprint density at radius 3 is 2.58 bits per heavy atom. The number of carboxylic acids is 1. The fraction of sp³-hybridized carbons (Fsp3) is 0.615. The van der Waals surface area contributed by atoms with Gasteiger partial charge in [0, 0.05) is 19.2 Å². The van der Waals surface area contributed by atoms with Gasteiger partial charge in [-0.2, -0.15) is 0 Å². The molecule has 19 heavy (non-hydrogen) atoms. The Bertz CT molecular complexity index is 475. The molecule has 0 bridgehead atoms. The molecule has 1 aromatic heterocycles. The van der Waals surface area contributed by atoms with Crippen molar-refractivity contribution in [2.45, 2.75) is 26.7 Å². The molecule has 0 aliphatic carbocycles. The number of nitrogens with zero attached hydrogens (tertiary/aromatic N) is 2. The van der Waals surface area contributed by atoms with Crippen molar-refractivity contribution in [2.24, 2.45) is 11.8 Å². The number of hydrogen-bond donors (Lipinski definition) is 1. The minimum absolute atomic E-state index is 0.139. The first kappa shape index (κ1) is 13.6. The van der Waals surface area contributed by atoms with E-state index in [4.69, 9.17) is 9.63 Å². The Hall–Kier alpha value is -1.85. The SMILES string of the molecule is Cc1cc(C(=O)N2CCC(C(C)C(=O)O)CC2)no1. The highest BCUT2D eigenvalue weighted by molar-refractivity contribution is 5.92. The van der Waals surface area contributed by atoms with Crippen molar-refractivity contribution in [3.8, 4) is 0 Å². The molecule has 1 atom stereocenters. The number of aliphatic carboxylic acids is 1. The van der Waals surface area contributed by atoms with E-state index in [0.29, 0.717) is 24.5 Å². The van der Waals surface area contributed by atoms with E-state index in [1.807, 2.05) is 0 Å². The van der Waals surface area contributed by atoms with Gasteiger partial charge in [-0.05, 0) is 25.7 Å². The monoisotopic (exact) mass is 266 g/mol. The second kappa shape index (κ2) is 5.42. The van der Waals surface area contributed by atoms with Crippen LogP contribution in [0.15, 0.2) is 10.6 Å². The van der Waals surface area contributed by atoms with Crippen molar-refractivity contribution in [1.29, 1.82) is 0 Å². The Morgan fingerprint density at radius 2 is 2.11 bits per heavy atom. The Kier molecular flexibility index (Phi) is 3.87. The summed E-state index contributed by atoms with van der Waals surface area (Å²) in [7, 11) is 0. The lowest BCUT2D eigenvalue weighted by molar-refractivity contribution is -0.143. The summed E-state index contributed by atoms with van der Waals surface area (Å²) in [6, 6.07) is 1.62. The third-order valence-corrected chi connectivity index (χ3v) is 3.77. The molecule has 1 aliphatic heterocycles. The molecule has 0 spiro atoms. The summed E-state index contributed by atoms with van der Waals surface area (Å²) in [5, 5.41) is 12.7. The van der Waals surface area contributed by atoms with Gasteiger partial charge in [-0.1, -0.05) is 12.1 Å². The van der Waals surface area contributed by atoms with Gasteiger partial charge in [-0.25, -0.2) is 0 Å². The first-order valence-corrected chi connectivity index (χ1v) is 6.44. The summed E-state index contributed by atoms with van der Waals surface area (Å²) < 4.78 is 4.89. The van der Waals surface area contributed by atoms with Gasteiger partial charge in [-0.15, -0.1) is 0 Å². The van der Waals surface area contributed by atoms with E-state index in [1.54, 1.807) is 24.8 Å². The lowest BCUT2D eigenvalue weighted by Gasteiger charge is -2.33. The first-order chi connectivity index (χ1) is 8.99. The molecule has 1 amide bonds. The van der Waals surface area contributed by atoms with Crippen LogP contribution in [0.25, 0.3) is 0 Å². The highest BCUT2D eigenvalue weighted by atomic mass is 16.5. The highest BCUT2D eigenvalue weighted by Gasteiger charge is 2.30. The van der Waals surface area contributed by atoms with E-state index in [-0.39, 0.29) is 17.7 Å². The van der Waals surface area contributed by atoms with Crippen LogP contribution in [0.3, 0.4) is 0 Å². The van der Waals surface area contributed by atoms with Crippen molar-refractivity contribution in [3.05, 3.63) is 17.5 Å². The van der Waals surface area contributed by atoms with Gasteiger partial charge in [0.1, 0.15) is 5.76 Å². The van der Waals surface area contributed by atoms with Crippen LogP contribution >= 0.6 is 0 Å². The molecule has 2 heterocycles. The molecule has 6 nitrogen and oxygen atoms in total. The number of aryl methyl sites for hydroxylation is 1. The van der Waals surface area contributed by atoms with Gasteiger partial charge >= 0.3 is 5.97 Å². The standard InChI is InChI=1S/C13H18N2O4/c1-8-7-11(14-19-8)12(16)15-5-3-10(4-6-15)9(2)13(17)18/h7,9-10H,3-6H2,1-2H3,(H,17,18). The summed E-state index contributed by atoms with van der Waals surface area (Å²) in [5.41, 5.74) is 0.322. The van der Waals surface area contributed by atoms with Gasteiger partial charge in [0.15, 0.2) is 5.69 Å². The quantitative estimate of drug-likeness (QED) is 0.897. The predicted molar refractivity (Wildman–Crippen MR) is 66.7 cm³/mol. The van der Waals surface area contributed by atoms with Crippen LogP contribution in [0.2, 0.25) is 0 Å². The molecule has 0 radical (unpaired) electrons. The van der Waals surface area contributed by atoms with E-state index in [0.717, 1.165) is 12.8 Å². The molecule has 1 fully saturated rings. The van der Waals surface area contributed by atoms with Crippen LogP contribution in [0.1, 0.15) is 36.0 Å². The molecule has 1 aromatic rings. The summed E-state index contributed by atoms with van der Waals surface area (Å²) in [4.78, 5) is 24.8. The van der Waals surface area contributed by atoms with Crippen LogP contribution in [0.4, 0.5) is 0 Å².